The summed E-state index contributed by atoms with van der Waals surface area (Å²) < 4.78 is 11.6. The number of pyridine rings is 1. The fraction of sp³-hybridized carbons (Fsp3) is 0.333. The van der Waals surface area contributed by atoms with E-state index in [1.165, 1.54) is 0 Å². The number of aromatic amines is 1. The number of nitrogens with one attached hydrogen (secondary N) is 2. The number of H-pyrrole nitrogens is 1. The van der Waals surface area contributed by atoms with Gasteiger partial charge in [-0.1, -0.05) is 18.3 Å². The number of rotatable bonds is 7. The number of benzene rings is 1. The third kappa shape index (κ3) is 4.35. The Bertz CT molecular complexity index is 758. The molecular weight excluding hydrogens is 324 g/mol. The smallest absolute Gasteiger partial charge is 0.254 e. The van der Waals surface area contributed by atoms with Crippen LogP contribution in [0.4, 0.5) is 0 Å². The predicted octanol–water partition coefficient (Wildman–Crippen LogP) is 4.03. The van der Waals surface area contributed by atoms with E-state index in [1.807, 2.05) is 39.0 Å². The summed E-state index contributed by atoms with van der Waals surface area (Å²) in [4.78, 5) is 15.2. The van der Waals surface area contributed by atoms with E-state index in [0.29, 0.717) is 34.9 Å². The average molecular weight is 346 g/mol. The van der Waals surface area contributed by atoms with Crippen LogP contribution in [0, 0.1) is 4.64 Å². The lowest BCUT2D eigenvalue weighted by atomic mass is 10.1. The Morgan fingerprint density at radius 2 is 1.92 bits per heavy atom. The number of hydrogen-bond donors (Lipinski definition) is 2. The van der Waals surface area contributed by atoms with Gasteiger partial charge in [0.1, 0.15) is 4.64 Å². The molecule has 0 bridgehead atoms. The Kier molecular flexibility index (Phi) is 6.37. The van der Waals surface area contributed by atoms with Crippen LogP contribution in [0.1, 0.15) is 42.7 Å². The van der Waals surface area contributed by atoms with Gasteiger partial charge in [-0.15, -0.1) is 0 Å². The number of aromatic nitrogens is 1. The molecule has 5 nitrogen and oxygen atoms in total. The first kappa shape index (κ1) is 18.0. The zero-order valence-corrected chi connectivity index (χ0v) is 14.9. The SMILES string of the molecule is CCOc1ccc([C@@H](C)NC(=O)c2ccc[nH]c2=S)cc1OCC. The van der Waals surface area contributed by atoms with Crippen molar-refractivity contribution < 1.29 is 14.3 Å². The van der Waals surface area contributed by atoms with Crippen molar-refractivity contribution in [3.8, 4) is 11.5 Å². The first-order valence-electron chi connectivity index (χ1n) is 7.94. The van der Waals surface area contributed by atoms with Gasteiger partial charge in [0.15, 0.2) is 11.5 Å². The van der Waals surface area contributed by atoms with E-state index < -0.39 is 0 Å². The highest BCUT2D eigenvalue weighted by Crippen LogP contribution is 2.30. The maximum Gasteiger partial charge on any atom is 0.254 e. The van der Waals surface area contributed by atoms with Crippen LogP contribution >= 0.6 is 12.2 Å². The first-order valence-corrected chi connectivity index (χ1v) is 8.35. The third-order valence-corrected chi connectivity index (χ3v) is 3.82. The summed E-state index contributed by atoms with van der Waals surface area (Å²) in [5.41, 5.74) is 1.39. The normalized spacial score (nSPS) is 11.6. The molecule has 6 heteroatoms. The lowest BCUT2D eigenvalue weighted by molar-refractivity contribution is 0.0939. The largest absolute Gasteiger partial charge is 0.490 e. The molecule has 0 saturated heterocycles. The minimum Gasteiger partial charge on any atom is -0.490 e. The van der Waals surface area contributed by atoms with Crippen molar-refractivity contribution >= 4 is 18.1 Å². The van der Waals surface area contributed by atoms with E-state index in [0.717, 1.165) is 5.56 Å². The molecule has 0 aliphatic heterocycles. The van der Waals surface area contributed by atoms with Gasteiger partial charge in [-0.25, -0.2) is 0 Å². The second kappa shape index (κ2) is 8.49. The van der Waals surface area contributed by atoms with Crippen LogP contribution in [0.15, 0.2) is 36.5 Å². The van der Waals surface area contributed by atoms with Gasteiger partial charge in [-0.3, -0.25) is 4.79 Å². The summed E-state index contributed by atoms with van der Waals surface area (Å²) in [6, 6.07) is 8.93. The Labute approximate surface area is 147 Å². The molecule has 0 aliphatic rings. The predicted molar refractivity (Wildman–Crippen MR) is 96.3 cm³/mol. The summed E-state index contributed by atoms with van der Waals surface area (Å²) >= 11 is 5.15. The Morgan fingerprint density at radius 3 is 2.58 bits per heavy atom. The number of carbonyl (C=O) groups excluding carboxylic acids is 1. The van der Waals surface area contributed by atoms with Crippen LogP contribution in [0.5, 0.6) is 11.5 Å². The zero-order valence-electron chi connectivity index (χ0n) is 14.1. The molecule has 2 N–H and O–H groups in total. The summed E-state index contributed by atoms with van der Waals surface area (Å²) in [5, 5.41) is 2.95. The van der Waals surface area contributed by atoms with Gasteiger partial charge in [-0.05, 0) is 50.6 Å². The molecule has 0 aliphatic carbocycles. The van der Waals surface area contributed by atoms with Crippen LogP contribution in [-0.4, -0.2) is 24.1 Å². The summed E-state index contributed by atoms with van der Waals surface area (Å²) in [5.74, 6) is 1.17. The number of carbonyl (C=O) groups is 1. The van der Waals surface area contributed by atoms with Gasteiger partial charge in [0.2, 0.25) is 0 Å². The van der Waals surface area contributed by atoms with Crippen LogP contribution in [-0.2, 0) is 0 Å². The Hall–Kier alpha value is -2.34. The fourth-order valence-corrected chi connectivity index (χ4v) is 2.52. The summed E-state index contributed by atoms with van der Waals surface area (Å²) in [6.45, 7) is 6.88. The fourth-order valence-electron chi connectivity index (χ4n) is 2.30. The molecule has 2 aromatic rings. The van der Waals surface area contributed by atoms with E-state index >= 15 is 0 Å². The minimum atomic E-state index is -0.212. The Balaban J connectivity index is 2.18. The van der Waals surface area contributed by atoms with Crippen molar-refractivity contribution in [2.45, 2.75) is 26.8 Å². The average Bonchev–Trinajstić information content (AvgIpc) is 2.57. The van der Waals surface area contributed by atoms with Crippen LogP contribution in [0.2, 0.25) is 0 Å². The van der Waals surface area contributed by atoms with E-state index in [9.17, 15) is 4.79 Å². The molecule has 1 aromatic heterocycles. The third-order valence-electron chi connectivity index (χ3n) is 3.48. The van der Waals surface area contributed by atoms with Gasteiger partial charge in [0.25, 0.3) is 5.91 Å². The maximum atomic E-state index is 12.4. The molecule has 0 saturated carbocycles. The highest BCUT2D eigenvalue weighted by Gasteiger charge is 2.15. The topological polar surface area (TPSA) is 63.3 Å². The molecular formula is C18H22N2O3S. The molecule has 1 atom stereocenters. The quantitative estimate of drug-likeness (QED) is 0.743. The number of ether oxygens (including phenoxy) is 2. The maximum absolute atomic E-state index is 12.4. The molecule has 1 heterocycles. The van der Waals surface area contributed by atoms with Crippen LogP contribution in [0.3, 0.4) is 0 Å². The molecule has 128 valence electrons. The molecule has 1 amide bonds. The van der Waals surface area contributed by atoms with Crippen LogP contribution < -0.4 is 14.8 Å². The van der Waals surface area contributed by atoms with Gasteiger partial charge in [0.05, 0.1) is 24.8 Å². The van der Waals surface area contributed by atoms with Gasteiger partial charge in [-0.2, -0.15) is 0 Å². The second-order valence-corrected chi connectivity index (χ2v) is 5.59. The van der Waals surface area contributed by atoms with Crippen molar-refractivity contribution in [1.82, 2.24) is 10.3 Å². The van der Waals surface area contributed by atoms with Crippen molar-refractivity contribution in [2.24, 2.45) is 0 Å². The van der Waals surface area contributed by atoms with Gasteiger partial charge < -0.3 is 19.8 Å². The number of amides is 1. The van der Waals surface area contributed by atoms with E-state index in [1.54, 1.807) is 18.3 Å². The monoisotopic (exact) mass is 346 g/mol. The molecule has 0 fully saturated rings. The summed E-state index contributed by atoms with van der Waals surface area (Å²) in [7, 11) is 0. The molecule has 2 rings (SSSR count). The Morgan fingerprint density at radius 1 is 1.21 bits per heavy atom. The standard InChI is InChI=1S/C18H22N2O3S/c1-4-22-15-9-8-13(11-16(15)23-5-2)12(3)20-17(21)14-7-6-10-19-18(14)24/h6-12H,4-5H2,1-3H3,(H,19,24)(H,20,21)/t12-/m1/s1. The van der Waals surface area contributed by atoms with Crippen molar-refractivity contribution in [3.05, 3.63) is 52.3 Å². The first-order chi connectivity index (χ1) is 11.6. The van der Waals surface area contributed by atoms with Crippen molar-refractivity contribution in [1.29, 1.82) is 0 Å². The van der Waals surface area contributed by atoms with Crippen LogP contribution in [0.25, 0.3) is 0 Å². The van der Waals surface area contributed by atoms with E-state index in [2.05, 4.69) is 10.3 Å². The number of hydrogen-bond acceptors (Lipinski definition) is 4. The second-order valence-electron chi connectivity index (χ2n) is 5.18. The summed E-state index contributed by atoms with van der Waals surface area (Å²) in [6.07, 6.45) is 1.70. The zero-order chi connectivity index (χ0) is 17.5. The minimum absolute atomic E-state index is 0.193. The van der Waals surface area contributed by atoms with Crippen molar-refractivity contribution in [2.75, 3.05) is 13.2 Å². The van der Waals surface area contributed by atoms with Crippen molar-refractivity contribution in [3.63, 3.8) is 0 Å². The highest BCUT2D eigenvalue weighted by atomic mass is 32.1. The molecule has 24 heavy (non-hydrogen) atoms. The van der Waals surface area contributed by atoms with Gasteiger partial charge >= 0.3 is 0 Å². The van der Waals surface area contributed by atoms with Gasteiger partial charge in [0, 0.05) is 6.20 Å². The molecule has 0 radical (unpaired) electrons. The highest BCUT2D eigenvalue weighted by molar-refractivity contribution is 7.71. The van der Waals surface area contributed by atoms with E-state index in [4.69, 9.17) is 21.7 Å². The van der Waals surface area contributed by atoms with E-state index in [-0.39, 0.29) is 11.9 Å². The molecule has 0 unspecified atom stereocenters. The molecule has 1 aromatic carbocycles. The lowest BCUT2D eigenvalue weighted by Crippen LogP contribution is -2.27. The lowest BCUT2D eigenvalue weighted by Gasteiger charge is -2.17. The molecule has 0 spiro atoms.